The van der Waals surface area contributed by atoms with Crippen LogP contribution in [0, 0.1) is 22.7 Å². The van der Waals surface area contributed by atoms with Gasteiger partial charge in [0.15, 0.2) is 0 Å². The lowest BCUT2D eigenvalue weighted by Crippen LogP contribution is -2.28. The van der Waals surface area contributed by atoms with Crippen LogP contribution in [0.1, 0.15) is 30.4 Å². The van der Waals surface area contributed by atoms with E-state index in [-0.39, 0.29) is 6.42 Å². The van der Waals surface area contributed by atoms with E-state index in [0.717, 1.165) is 36.1 Å². The van der Waals surface area contributed by atoms with Gasteiger partial charge >= 0.3 is 0 Å². The van der Waals surface area contributed by atoms with Gasteiger partial charge in [-0.15, -0.1) is 0 Å². The van der Waals surface area contributed by atoms with E-state index in [0.29, 0.717) is 0 Å². The molecule has 0 unspecified atom stereocenters. The molecule has 0 heterocycles. The lowest BCUT2D eigenvalue weighted by Gasteiger charge is -2.31. The van der Waals surface area contributed by atoms with Crippen molar-refractivity contribution in [1.82, 2.24) is 0 Å². The van der Waals surface area contributed by atoms with Crippen LogP contribution in [-0.4, -0.2) is 7.11 Å². The minimum atomic E-state index is -0.616. The Morgan fingerprint density at radius 3 is 2.88 bits per heavy atom. The van der Waals surface area contributed by atoms with E-state index in [2.05, 4.69) is 12.1 Å². The third-order valence-electron chi connectivity index (χ3n) is 3.47. The van der Waals surface area contributed by atoms with Gasteiger partial charge in [-0.2, -0.15) is 10.5 Å². The lowest BCUT2D eigenvalue weighted by molar-refractivity contribution is 0.410. The van der Waals surface area contributed by atoms with Gasteiger partial charge in [0.25, 0.3) is 0 Å². The summed E-state index contributed by atoms with van der Waals surface area (Å²) in [6.07, 6.45) is 2.95. The molecule has 0 bridgehead atoms. The summed E-state index contributed by atoms with van der Waals surface area (Å²) in [5, 5.41) is 18.3. The number of benzene rings is 1. The molecule has 17 heavy (non-hydrogen) atoms. The van der Waals surface area contributed by atoms with Crippen LogP contribution in [-0.2, 0) is 11.8 Å². The molecule has 1 aliphatic carbocycles. The molecule has 0 aliphatic heterocycles. The Balaban J connectivity index is 2.52. The maximum atomic E-state index is 9.41. The van der Waals surface area contributed by atoms with Crippen molar-refractivity contribution >= 4 is 0 Å². The van der Waals surface area contributed by atoms with E-state index in [1.54, 1.807) is 7.11 Å². The Bertz CT molecular complexity index is 510. The van der Waals surface area contributed by atoms with Crippen molar-refractivity contribution in [3.05, 3.63) is 29.3 Å². The number of hydrogen-bond donors (Lipinski definition) is 0. The van der Waals surface area contributed by atoms with Crippen molar-refractivity contribution < 1.29 is 4.74 Å². The Kier molecular flexibility index (Phi) is 3.02. The highest BCUT2D eigenvalue weighted by Crippen LogP contribution is 2.40. The van der Waals surface area contributed by atoms with Gasteiger partial charge in [-0.3, -0.25) is 0 Å². The number of nitriles is 2. The molecule has 0 spiro atoms. The van der Waals surface area contributed by atoms with Gasteiger partial charge < -0.3 is 4.74 Å². The third-order valence-corrected chi connectivity index (χ3v) is 3.47. The SMILES string of the molecule is COc1ccc2c(c1)CCC[C@]2(C#N)CC#N. The zero-order valence-electron chi connectivity index (χ0n) is 9.86. The normalized spacial score (nSPS) is 22.1. The van der Waals surface area contributed by atoms with Gasteiger partial charge in [0, 0.05) is 0 Å². The van der Waals surface area contributed by atoms with Gasteiger partial charge in [0.1, 0.15) is 5.75 Å². The van der Waals surface area contributed by atoms with E-state index < -0.39 is 5.41 Å². The summed E-state index contributed by atoms with van der Waals surface area (Å²) in [6, 6.07) is 10.3. The summed E-state index contributed by atoms with van der Waals surface area (Å²) >= 11 is 0. The molecule has 1 atom stereocenters. The van der Waals surface area contributed by atoms with Crippen LogP contribution in [0.2, 0.25) is 0 Å². The molecular weight excluding hydrogens is 212 g/mol. The Morgan fingerprint density at radius 1 is 1.41 bits per heavy atom. The van der Waals surface area contributed by atoms with Crippen LogP contribution in [0.5, 0.6) is 5.75 Å². The molecule has 1 aromatic carbocycles. The molecular formula is C14H14N2O. The highest BCUT2D eigenvalue weighted by atomic mass is 16.5. The third kappa shape index (κ3) is 1.85. The molecule has 0 N–H and O–H groups in total. The molecule has 2 rings (SSSR count). The highest BCUT2D eigenvalue weighted by molar-refractivity contribution is 5.46. The molecule has 0 radical (unpaired) electrons. The fourth-order valence-corrected chi connectivity index (χ4v) is 2.56. The fraction of sp³-hybridized carbons (Fsp3) is 0.429. The molecule has 0 fully saturated rings. The van der Waals surface area contributed by atoms with Crippen molar-refractivity contribution in [2.45, 2.75) is 31.1 Å². The van der Waals surface area contributed by atoms with E-state index in [1.165, 1.54) is 0 Å². The zero-order chi connectivity index (χ0) is 12.3. The minimum absolute atomic E-state index is 0.267. The largest absolute Gasteiger partial charge is 0.497 e. The summed E-state index contributed by atoms with van der Waals surface area (Å²) < 4.78 is 5.19. The number of aryl methyl sites for hydroxylation is 1. The molecule has 0 saturated heterocycles. The standard InChI is InChI=1S/C14H14N2O/c1-17-12-4-5-13-11(9-12)3-2-6-14(13,10-16)7-8-15/h4-5,9H,2-3,6-7H2,1H3/t14-/m1/s1. The van der Waals surface area contributed by atoms with Gasteiger partial charge in [-0.1, -0.05) is 6.07 Å². The minimum Gasteiger partial charge on any atom is -0.497 e. The van der Waals surface area contributed by atoms with Crippen molar-refractivity contribution in [2.24, 2.45) is 0 Å². The van der Waals surface area contributed by atoms with Crippen LogP contribution in [0.15, 0.2) is 18.2 Å². The van der Waals surface area contributed by atoms with Gasteiger partial charge in [-0.25, -0.2) is 0 Å². The second-order valence-electron chi connectivity index (χ2n) is 4.41. The number of nitrogens with zero attached hydrogens (tertiary/aromatic N) is 2. The first-order chi connectivity index (χ1) is 8.25. The molecule has 1 aliphatic rings. The quantitative estimate of drug-likeness (QED) is 0.779. The number of methoxy groups -OCH3 is 1. The Hall–Kier alpha value is -2.00. The van der Waals surface area contributed by atoms with Crippen molar-refractivity contribution in [2.75, 3.05) is 7.11 Å². The first kappa shape index (κ1) is 11.5. The topological polar surface area (TPSA) is 56.8 Å². The monoisotopic (exact) mass is 226 g/mol. The van der Waals surface area contributed by atoms with Crippen LogP contribution in [0.25, 0.3) is 0 Å². The van der Waals surface area contributed by atoms with Crippen LogP contribution in [0.4, 0.5) is 0 Å². The van der Waals surface area contributed by atoms with Gasteiger partial charge in [0.05, 0.1) is 31.1 Å². The zero-order valence-corrected chi connectivity index (χ0v) is 9.86. The molecule has 0 amide bonds. The molecule has 3 nitrogen and oxygen atoms in total. The van der Waals surface area contributed by atoms with Gasteiger partial charge in [0.2, 0.25) is 0 Å². The van der Waals surface area contributed by atoms with Crippen LogP contribution in [0.3, 0.4) is 0 Å². The summed E-state index contributed by atoms with van der Waals surface area (Å²) in [7, 11) is 1.64. The predicted octanol–water partition coefficient (Wildman–Crippen LogP) is 2.71. The first-order valence-electron chi connectivity index (χ1n) is 5.71. The van der Waals surface area contributed by atoms with Gasteiger partial charge in [-0.05, 0) is 42.5 Å². The molecule has 0 aromatic heterocycles. The van der Waals surface area contributed by atoms with Crippen LogP contribution >= 0.6 is 0 Å². The second-order valence-corrected chi connectivity index (χ2v) is 4.41. The van der Waals surface area contributed by atoms with E-state index in [9.17, 15) is 5.26 Å². The molecule has 1 aromatic rings. The smallest absolute Gasteiger partial charge is 0.119 e. The molecule has 0 saturated carbocycles. The number of ether oxygens (including phenoxy) is 1. The number of hydrogen-bond acceptors (Lipinski definition) is 3. The number of fused-ring (bicyclic) bond motifs is 1. The van der Waals surface area contributed by atoms with E-state index >= 15 is 0 Å². The second kappa shape index (κ2) is 4.47. The summed E-state index contributed by atoms with van der Waals surface area (Å²) in [6.45, 7) is 0. The molecule has 86 valence electrons. The Morgan fingerprint density at radius 2 is 2.24 bits per heavy atom. The fourth-order valence-electron chi connectivity index (χ4n) is 2.56. The maximum Gasteiger partial charge on any atom is 0.119 e. The van der Waals surface area contributed by atoms with Crippen molar-refractivity contribution in [1.29, 1.82) is 10.5 Å². The van der Waals surface area contributed by atoms with E-state index in [1.807, 2.05) is 18.2 Å². The van der Waals surface area contributed by atoms with Crippen LogP contribution < -0.4 is 4.74 Å². The van der Waals surface area contributed by atoms with Crippen molar-refractivity contribution in [3.63, 3.8) is 0 Å². The molecule has 3 heteroatoms. The average Bonchev–Trinajstić information content (AvgIpc) is 2.38. The number of rotatable bonds is 2. The summed E-state index contributed by atoms with van der Waals surface area (Å²) in [5.74, 6) is 0.814. The van der Waals surface area contributed by atoms with E-state index in [4.69, 9.17) is 10.00 Å². The van der Waals surface area contributed by atoms with Crippen molar-refractivity contribution in [3.8, 4) is 17.9 Å². The first-order valence-corrected chi connectivity index (χ1v) is 5.71. The highest BCUT2D eigenvalue weighted by Gasteiger charge is 2.36. The summed E-state index contributed by atoms with van der Waals surface area (Å²) in [4.78, 5) is 0. The maximum absolute atomic E-state index is 9.41. The summed E-state index contributed by atoms with van der Waals surface area (Å²) in [5.41, 5.74) is 1.54. The average molecular weight is 226 g/mol. The predicted molar refractivity (Wildman–Crippen MR) is 63.5 cm³/mol. The lowest BCUT2D eigenvalue weighted by atomic mass is 9.69. The Labute approximate surface area is 101 Å².